The van der Waals surface area contributed by atoms with Gasteiger partial charge < -0.3 is 28.8 Å². The lowest BCUT2D eigenvalue weighted by Crippen LogP contribution is -2.64. The predicted octanol–water partition coefficient (Wildman–Crippen LogP) is 2.96. The van der Waals surface area contributed by atoms with Gasteiger partial charge in [-0.25, -0.2) is 4.79 Å². The summed E-state index contributed by atoms with van der Waals surface area (Å²) < 4.78 is 30.3. The van der Waals surface area contributed by atoms with Crippen LogP contribution in [-0.2, 0) is 42.9 Å². The van der Waals surface area contributed by atoms with Crippen molar-refractivity contribution in [3.63, 3.8) is 0 Å². The molecule has 1 N–H and O–H groups in total. The fraction of sp³-hybridized carbons (Fsp3) is 0.606. The van der Waals surface area contributed by atoms with Crippen molar-refractivity contribution in [1.29, 1.82) is 0 Å². The maximum atomic E-state index is 14.9. The number of hydrogen-bond donors (Lipinski definition) is 1. The Kier molecular flexibility index (Phi) is 7.82. The van der Waals surface area contributed by atoms with E-state index in [1.807, 2.05) is 13.8 Å². The van der Waals surface area contributed by atoms with Gasteiger partial charge in [0.1, 0.15) is 36.1 Å². The van der Waals surface area contributed by atoms with Crippen LogP contribution in [-0.4, -0.2) is 76.5 Å². The van der Waals surface area contributed by atoms with E-state index in [2.05, 4.69) is 0 Å². The number of rotatable bonds is 6. The summed E-state index contributed by atoms with van der Waals surface area (Å²) in [5.41, 5.74) is -6.29. The Bertz CT molecular complexity index is 1400. The zero-order valence-electron chi connectivity index (χ0n) is 26.0. The van der Waals surface area contributed by atoms with E-state index in [0.29, 0.717) is 0 Å². The van der Waals surface area contributed by atoms with Crippen LogP contribution in [0.15, 0.2) is 42.5 Å². The van der Waals surface area contributed by atoms with Gasteiger partial charge in [-0.05, 0) is 51.3 Å². The van der Waals surface area contributed by atoms with Crippen molar-refractivity contribution in [3.05, 3.63) is 48.0 Å². The van der Waals surface area contributed by atoms with E-state index in [4.69, 9.17) is 23.7 Å². The summed E-state index contributed by atoms with van der Waals surface area (Å²) in [6, 6.07) is 8.25. The van der Waals surface area contributed by atoms with Crippen molar-refractivity contribution in [2.24, 2.45) is 29.1 Å². The molecule has 0 spiro atoms. The molecule has 4 aliphatic rings. The minimum atomic E-state index is -2.21. The van der Waals surface area contributed by atoms with E-state index in [9.17, 15) is 29.1 Å². The molecule has 0 bridgehead atoms. The lowest BCUT2D eigenvalue weighted by atomic mass is 9.54. The number of carbonyl (C=O) groups excluding carboxylic acids is 5. The second-order valence-corrected chi connectivity index (χ2v) is 13.4. The minimum Gasteiger partial charge on any atom is -0.465 e. The molecule has 2 saturated carbocycles. The maximum absolute atomic E-state index is 14.9. The molecule has 238 valence electrons. The first kappa shape index (κ1) is 31.8. The number of Topliss-reactive ketones (excluding diaryl/α,β-unsaturated/α-hetero) is 1. The third kappa shape index (κ3) is 4.75. The minimum absolute atomic E-state index is 0.132. The Morgan fingerprint density at radius 2 is 1.57 bits per heavy atom. The first-order valence-corrected chi connectivity index (χ1v) is 14.9. The zero-order valence-corrected chi connectivity index (χ0v) is 26.0. The standard InChI is InChI=1S/C33H40O11/c1-17-15-33(39)24(25(17)43-28(37)21-11-9-8-10-12-21)27(42-20(4)36)32(16-40-18(2)34)23(41-19(3)35)14-13-22-26(32)31(7,29(33)38)44-30(22,5)6/h8-14,17,22-27,39H,15-16H2,1-7H3. The largest absolute Gasteiger partial charge is 0.465 e. The Labute approximate surface area is 256 Å². The van der Waals surface area contributed by atoms with Crippen LogP contribution in [0.1, 0.15) is 65.2 Å². The Balaban J connectivity index is 1.80. The SMILES string of the molecule is CC(=O)OCC12C(OC(C)=O)C=CC3C1C(C)(OC3(C)C)C(=O)C1(O)CC(C)C(OC(=O)c3ccccc3)C1C2OC(C)=O. The lowest BCUT2D eigenvalue weighted by molar-refractivity contribution is -0.213. The Hall–Kier alpha value is -3.57. The molecule has 3 aliphatic carbocycles. The highest BCUT2D eigenvalue weighted by Gasteiger charge is 2.80. The fourth-order valence-corrected chi connectivity index (χ4v) is 8.64. The quantitative estimate of drug-likeness (QED) is 0.287. The number of carbonyl (C=O) groups is 5. The molecule has 11 heteroatoms. The summed E-state index contributed by atoms with van der Waals surface area (Å²) in [4.78, 5) is 66.2. The first-order valence-electron chi connectivity index (χ1n) is 14.9. The van der Waals surface area contributed by atoms with Crippen molar-refractivity contribution >= 4 is 29.7 Å². The molecule has 44 heavy (non-hydrogen) atoms. The fourth-order valence-electron chi connectivity index (χ4n) is 8.64. The zero-order chi connectivity index (χ0) is 32.4. The molecule has 5 rings (SSSR count). The summed E-state index contributed by atoms with van der Waals surface area (Å²) in [6.07, 6.45) is -0.446. The number of aliphatic hydroxyl groups is 1. The summed E-state index contributed by atoms with van der Waals surface area (Å²) in [6.45, 7) is 10.1. The normalized spacial score (nSPS) is 39.8. The van der Waals surface area contributed by atoms with Crippen molar-refractivity contribution in [3.8, 4) is 0 Å². The smallest absolute Gasteiger partial charge is 0.338 e. The van der Waals surface area contributed by atoms with Crippen LogP contribution in [0.4, 0.5) is 0 Å². The molecule has 0 radical (unpaired) electrons. The van der Waals surface area contributed by atoms with Crippen LogP contribution < -0.4 is 0 Å². The lowest BCUT2D eigenvalue weighted by Gasteiger charge is -2.53. The Morgan fingerprint density at radius 1 is 0.932 bits per heavy atom. The molecular weight excluding hydrogens is 572 g/mol. The van der Waals surface area contributed by atoms with Crippen molar-refractivity contribution in [2.75, 3.05) is 6.61 Å². The summed E-state index contributed by atoms with van der Waals surface area (Å²) >= 11 is 0. The van der Waals surface area contributed by atoms with E-state index in [-0.39, 0.29) is 12.0 Å². The van der Waals surface area contributed by atoms with E-state index >= 15 is 0 Å². The van der Waals surface area contributed by atoms with Crippen molar-refractivity contribution in [1.82, 2.24) is 0 Å². The van der Waals surface area contributed by atoms with Gasteiger partial charge in [0.05, 0.1) is 22.5 Å². The molecule has 11 nitrogen and oxygen atoms in total. The van der Waals surface area contributed by atoms with Crippen LogP contribution in [0, 0.1) is 29.1 Å². The average molecular weight is 613 g/mol. The first-order chi connectivity index (χ1) is 20.5. The number of esters is 4. The van der Waals surface area contributed by atoms with Crippen LogP contribution in [0.5, 0.6) is 0 Å². The summed E-state index contributed by atoms with van der Waals surface area (Å²) in [7, 11) is 0. The molecule has 3 fully saturated rings. The van der Waals surface area contributed by atoms with Crippen LogP contribution in [0.25, 0.3) is 0 Å². The highest BCUT2D eigenvalue weighted by molar-refractivity contribution is 5.97. The Morgan fingerprint density at radius 3 is 2.16 bits per heavy atom. The molecule has 1 heterocycles. The van der Waals surface area contributed by atoms with Gasteiger partial charge >= 0.3 is 23.9 Å². The van der Waals surface area contributed by atoms with Gasteiger partial charge in [-0.15, -0.1) is 0 Å². The van der Waals surface area contributed by atoms with E-state index in [0.717, 1.165) is 0 Å². The maximum Gasteiger partial charge on any atom is 0.338 e. The second-order valence-electron chi connectivity index (χ2n) is 13.4. The molecule has 1 aromatic carbocycles. The van der Waals surface area contributed by atoms with Gasteiger partial charge in [-0.1, -0.05) is 31.2 Å². The van der Waals surface area contributed by atoms with Gasteiger partial charge in [0, 0.05) is 32.6 Å². The van der Waals surface area contributed by atoms with Crippen LogP contribution >= 0.6 is 0 Å². The van der Waals surface area contributed by atoms with E-state index in [1.165, 1.54) is 20.8 Å². The molecule has 1 aliphatic heterocycles. The number of ether oxygens (including phenoxy) is 5. The number of ketones is 1. The highest BCUT2D eigenvalue weighted by atomic mass is 16.6. The van der Waals surface area contributed by atoms with E-state index in [1.54, 1.807) is 56.3 Å². The van der Waals surface area contributed by atoms with Crippen LogP contribution in [0.3, 0.4) is 0 Å². The topological polar surface area (TPSA) is 152 Å². The van der Waals surface area contributed by atoms with Gasteiger partial charge in [0.25, 0.3) is 0 Å². The third-order valence-electron chi connectivity index (χ3n) is 10.00. The average Bonchev–Trinajstić information content (AvgIpc) is 3.30. The van der Waals surface area contributed by atoms with Gasteiger partial charge in [-0.2, -0.15) is 0 Å². The number of hydrogen-bond acceptors (Lipinski definition) is 11. The third-order valence-corrected chi connectivity index (χ3v) is 10.00. The molecule has 1 saturated heterocycles. The van der Waals surface area contributed by atoms with Crippen molar-refractivity contribution < 1.29 is 52.8 Å². The van der Waals surface area contributed by atoms with Gasteiger partial charge in [0.2, 0.25) is 0 Å². The molecule has 10 atom stereocenters. The number of benzene rings is 1. The highest BCUT2D eigenvalue weighted by Crippen LogP contribution is 2.67. The predicted molar refractivity (Wildman–Crippen MR) is 153 cm³/mol. The molecule has 10 unspecified atom stereocenters. The van der Waals surface area contributed by atoms with Crippen LogP contribution in [0.2, 0.25) is 0 Å². The molecular formula is C33H40O11. The van der Waals surface area contributed by atoms with E-state index < -0.39 is 100 Å². The van der Waals surface area contributed by atoms with Gasteiger partial charge in [-0.3, -0.25) is 19.2 Å². The summed E-state index contributed by atoms with van der Waals surface area (Å²) in [5, 5.41) is 12.6. The summed E-state index contributed by atoms with van der Waals surface area (Å²) in [5.74, 6) is -6.80. The molecule has 1 aromatic rings. The monoisotopic (exact) mass is 612 g/mol. The number of fused-ring (bicyclic) bond motifs is 1. The molecule has 0 aromatic heterocycles. The second kappa shape index (κ2) is 10.8. The molecule has 0 amide bonds. The van der Waals surface area contributed by atoms with Crippen molar-refractivity contribution in [2.45, 2.75) is 90.0 Å². The van der Waals surface area contributed by atoms with Gasteiger partial charge in [0.15, 0.2) is 5.78 Å².